The zero-order valence-corrected chi connectivity index (χ0v) is 17.3. The number of fused-ring (bicyclic) bond motifs is 1. The normalized spacial score (nSPS) is 13.5. The number of H-pyrrole nitrogens is 1. The largest absolute Gasteiger partial charge is 0.495 e. The summed E-state index contributed by atoms with van der Waals surface area (Å²) in [6.45, 7) is 6.54. The Balaban J connectivity index is 1.68. The molecule has 150 valence electrons. The lowest BCUT2D eigenvalue weighted by molar-refractivity contribution is 0.0224. The Bertz CT molecular complexity index is 875. The molecule has 1 aromatic heterocycles. The maximum absolute atomic E-state index is 12.4. The van der Waals surface area contributed by atoms with Crippen LogP contribution in [0.4, 0.5) is 16.3 Å². The number of carbonyl (C=O) groups excluding carboxylic acids is 1. The third-order valence-corrected chi connectivity index (χ3v) is 4.38. The smallest absolute Gasteiger partial charge is 0.410 e. The Morgan fingerprint density at radius 1 is 1.29 bits per heavy atom. The minimum atomic E-state index is -0.533. The first kappa shape index (κ1) is 19.9. The quantitative estimate of drug-likeness (QED) is 0.676. The van der Waals surface area contributed by atoms with Crippen LogP contribution in [0.5, 0.6) is 5.75 Å². The van der Waals surface area contributed by atoms with E-state index in [1.165, 1.54) is 0 Å². The first-order valence-corrected chi connectivity index (χ1v) is 9.42. The molecule has 28 heavy (non-hydrogen) atoms. The summed E-state index contributed by atoms with van der Waals surface area (Å²) in [5.74, 6) is 1.28. The maximum Gasteiger partial charge on any atom is 0.410 e. The van der Waals surface area contributed by atoms with Crippen LogP contribution >= 0.6 is 12.2 Å². The van der Waals surface area contributed by atoms with Crippen LogP contribution in [0, 0.1) is 0 Å². The van der Waals surface area contributed by atoms with Crippen molar-refractivity contribution in [1.82, 2.24) is 15.1 Å². The lowest BCUT2D eigenvalue weighted by atomic mass is 10.1. The average Bonchev–Trinajstić information content (AvgIpc) is 3.02. The third kappa shape index (κ3) is 4.72. The van der Waals surface area contributed by atoms with E-state index in [0.717, 1.165) is 16.9 Å². The number of nitrogens with zero attached hydrogens (tertiary/aromatic N) is 2. The fraction of sp³-hybridized carbons (Fsp3) is 0.421. The summed E-state index contributed by atoms with van der Waals surface area (Å²) in [7, 11) is 1.60. The van der Waals surface area contributed by atoms with Crippen molar-refractivity contribution in [2.24, 2.45) is 0 Å². The number of nitrogens with one attached hydrogen (secondary N) is 3. The lowest BCUT2D eigenvalue weighted by Crippen LogP contribution is -2.40. The minimum absolute atomic E-state index is 0.333. The van der Waals surface area contributed by atoms with Gasteiger partial charge in [-0.05, 0) is 45.1 Å². The fourth-order valence-corrected chi connectivity index (χ4v) is 3.10. The number of rotatable bonds is 3. The average molecular weight is 404 g/mol. The number of amides is 1. The molecule has 0 aliphatic carbocycles. The van der Waals surface area contributed by atoms with Crippen molar-refractivity contribution in [3.63, 3.8) is 0 Å². The van der Waals surface area contributed by atoms with Gasteiger partial charge in [0.25, 0.3) is 0 Å². The van der Waals surface area contributed by atoms with Gasteiger partial charge in [-0.2, -0.15) is 5.10 Å². The molecule has 1 amide bonds. The molecule has 0 saturated heterocycles. The molecule has 0 atom stereocenters. The molecule has 2 aromatic rings. The molecule has 2 heterocycles. The van der Waals surface area contributed by atoms with Crippen molar-refractivity contribution >= 4 is 34.9 Å². The number of para-hydroxylation sites is 2. The highest BCUT2D eigenvalue weighted by molar-refractivity contribution is 7.80. The maximum atomic E-state index is 12.4. The fourth-order valence-electron chi connectivity index (χ4n) is 2.89. The Kier molecular flexibility index (Phi) is 5.73. The van der Waals surface area contributed by atoms with Crippen molar-refractivity contribution in [3.8, 4) is 5.75 Å². The molecule has 3 rings (SSSR count). The zero-order valence-electron chi connectivity index (χ0n) is 16.5. The van der Waals surface area contributed by atoms with E-state index in [2.05, 4.69) is 20.8 Å². The van der Waals surface area contributed by atoms with E-state index in [-0.39, 0.29) is 6.09 Å². The predicted octanol–water partition coefficient (Wildman–Crippen LogP) is 3.52. The summed E-state index contributed by atoms with van der Waals surface area (Å²) < 4.78 is 10.8. The number of anilines is 2. The van der Waals surface area contributed by atoms with E-state index >= 15 is 0 Å². The summed E-state index contributed by atoms with van der Waals surface area (Å²) in [6, 6.07) is 7.50. The van der Waals surface area contributed by atoms with Gasteiger partial charge in [-0.3, -0.25) is 5.10 Å². The van der Waals surface area contributed by atoms with Crippen LogP contribution < -0.4 is 15.4 Å². The van der Waals surface area contributed by atoms with Crippen molar-refractivity contribution in [2.45, 2.75) is 39.3 Å². The van der Waals surface area contributed by atoms with Gasteiger partial charge in [0.05, 0.1) is 19.3 Å². The van der Waals surface area contributed by atoms with Crippen LogP contribution in [-0.4, -0.2) is 45.6 Å². The molecule has 1 aliphatic heterocycles. The van der Waals surface area contributed by atoms with Crippen molar-refractivity contribution in [2.75, 3.05) is 24.3 Å². The van der Waals surface area contributed by atoms with Crippen molar-refractivity contribution in [1.29, 1.82) is 0 Å². The van der Waals surface area contributed by atoms with Crippen LogP contribution in [-0.2, 0) is 17.7 Å². The van der Waals surface area contributed by atoms with Crippen LogP contribution in [0.25, 0.3) is 0 Å². The highest BCUT2D eigenvalue weighted by atomic mass is 32.1. The standard InChI is InChI=1S/C19H25N5O3S/c1-19(2,3)27-18(25)24-10-9-13-12(11-24)16(23-22-13)21-17(28)20-14-7-5-6-8-15(14)26-4/h5-8H,9-11H2,1-4H3,(H3,20,21,22,23,28). The van der Waals surface area contributed by atoms with Gasteiger partial charge in [-0.15, -0.1) is 0 Å². The number of hydrogen-bond donors (Lipinski definition) is 3. The van der Waals surface area contributed by atoms with Gasteiger partial charge < -0.3 is 25.0 Å². The number of hydrogen-bond acceptors (Lipinski definition) is 5. The van der Waals surface area contributed by atoms with Gasteiger partial charge in [0.15, 0.2) is 10.9 Å². The van der Waals surface area contributed by atoms with E-state index in [1.54, 1.807) is 12.0 Å². The van der Waals surface area contributed by atoms with Crippen molar-refractivity contribution in [3.05, 3.63) is 35.5 Å². The number of carbonyl (C=O) groups is 1. The number of ether oxygens (including phenoxy) is 2. The molecule has 1 aliphatic rings. The summed E-state index contributed by atoms with van der Waals surface area (Å²) in [6.07, 6.45) is 0.343. The van der Waals surface area contributed by atoms with Gasteiger partial charge in [0.2, 0.25) is 0 Å². The second-order valence-corrected chi connectivity index (χ2v) is 7.87. The molecule has 3 N–H and O–H groups in total. The van der Waals surface area contributed by atoms with Gasteiger partial charge in [0.1, 0.15) is 11.4 Å². The molecule has 0 fully saturated rings. The van der Waals surface area contributed by atoms with Crippen LogP contribution in [0.1, 0.15) is 32.0 Å². The third-order valence-electron chi connectivity index (χ3n) is 4.17. The van der Waals surface area contributed by atoms with Gasteiger partial charge >= 0.3 is 6.09 Å². The minimum Gasteiger partial charge on any atom is -0.495 e. The highest BCUT2D eigenvalue weighted by Gasteiger charge is 2.28. The second-order valence-electron chi connectivity index (χ2n) is 7.46. The zero-order chi connectivity index (χ0) is 20.3. The molecule has 0 saturated carbocycles. The first-order chi connectivity index (χ1) is 13.3. The molecule has 1 aromatic carbocycles. The highest BCUT2D eigenvalue weighted by Crippen LogP contribution is 2.26. The van der Waals surface area contributed by atoms with Crippen molar-refractivity contribution < 1.29 is 14.3 Å². The van der Waals surface area contributed by atoms with Crippen LogP contribution in [0.2, 0.25) is 0 Å². The topological polar surface area (TPSA) is 91.5 Å². The van der Waals surface area contributed by atoms with E-state index in [4.69, 9.17) is 21.7 Å². The second kappa shape index (κ2) is 8.05. The molecular formula is C19H25N5O3S. The molecule has 8 nitrogen and oxygen atoms in total. The number of aromatic nitrogens is 2. The Morgan fingerprint density at radius 3 is 2.75 bits per heavy atom. The molecule has 9 heteroatoms. The molecule has 0 unspecified atom stereocenters. The summed E-state index contributed by atoms with van der Waals surface area (Å²) >= 11 is 5.41. The summed E-state index contributed by atoms with van der Waals surface area (Å²) in [5.41, 5.74) is 2.11. The van der Waals surface area contributed by atoms with E-state index in [9.17, 15) is 4.79 Å². The Hall–Kier alpha value is -2.81. The lowest BCUT2D eigenvalue weighted by Gasteiger charge is -2.30. The molecule has 0 spiro atoms. The van der Waals surface area contributed by atoms with E-state index in [0.29, 0.717) is 36.2 Å². The van der Waals surface area contributed by atoms with Gasteiger partial charge in [-0.25, -0.2) is 4.79 Å². The summed E-state index contributed by atoms with van der Waals surface area (Å²) in [5, 5.41) is 13.9. The van der Waals surface area contributed by atoms with Crippen LogP contribution in [0.15, 0.2) is 24.3 Å². The number of thiocarbonyl (C=S) groups is 1. The summed E-state index contributed by atoms with van der Waals surface area (Å²) in [4.78, 5) is 14.1. The molecule has 0 bridgehead atoms. The molecule has 0 radical (unpaired) electrons. The van der Waals surface area contributed by atoms with E-state index in [1.807, 2.05) is 45.0 Å². The predicted molar refractivity (Wildman–Crippen MR) is 112 cm³/mol. The Labute approximate surface area is 169 Å². The van der Waals surface area contributed by atoms with E-state index < -0.39 is 5.60 Å². The monoisotopic (exact) mass is 403 g/mol. The van der Waals surface area contributed by atoms with Gasteiger partial charge in [-0.1, -0.05) is 12.1 Å². The number of aromatic amines is 1. The number of methoxy groups -OCH3 is 1. The molecular weight excluding hydrogens is 378 g/mol. The van der Waals surface area contributed by atoms with Crippen LogP contribution in [0.3, 0.4) is 0 Å². The SMILES string of the molecule is COc1ccccc1NC(=S)Nc1n[nH]c2c1CN(C(=O)OC(C)(C)C)CC2. The number of benzene rings is 1. The van der Waals surface area contributed by atoms with Gasteiger partial charge in [0, 0.05) is 24.2 Å². The Morgan fingerprint density at radius 2 is 2.04 bits per heavy atom. The first-order valence-electron chi connectivity index (χ1n) is 9.02.